The zero-order valence-electron chi connectivity index (χ0n) is 10.9. The van der Waals surface area contributed by atoms with Crippen molar-refractivity contribution < 1.29 is 8.42 Å². The van der Waals surface area contributed by atoms with Crippen molar-refractivity contribution in [2.45, 2.75) is 43.2 Å². The van der Waals surface area contributed by atoms with Gasteiger partial charge in [0.1, 0.15) is 0 Å². The maximum Gasteiger partial charge on any atom is 0.238 e. The van der Waals surface area contributed by atoms with E-state index >= 15 is 0 Å². The Morgan fingerprint density at radius 2 is 1.89 bits per heavy atom. The summed E-state index contributed by atoms with van der Waals surface area (Å²) in [5, 5.41) is 8.68. The van der Waals surface area contributed by atoms with E-state index in [1.165, 1.54) is 25.7 Å². The molecule has 1 aromatic carbocycles. The fourth-order valence-electron chi connectivity index (χ4n) is 3.54. The standard InChI is InChI=1S/C14H20N2O2S/c15-19(17,18)13-5-2-10(3-6-13)9-16-14-8-11-1-4-12(14)7-11/h2-3,5-6,11-12,14,16H,1,4,7-9H2,(H2,15,17,18). The molecule has 1 aromatic rings. The number of hydrogen-bond donors (Lipinski definition) is 2. The minimum absolute atomic E-state index is 0.177. The molecule has 0 radical (unpaired) electrons. The van der Waals surface area contributed by atoms with Gasteiger partial charge in [0.15, 0.2) is 0 Å². The third-order valence-electron chi connectivity index (χ3n) is 4.56. The molecule has 0 aliphatic heterocycles. The minimum Gasteiger partial charge on any atom is -0.310 e. The van der Waals surface area contributed by atoms with Gasteiger partial charge in [0.2, 0.25) is 10.0 Å². The quantitative estimate of drug-likeness (QED) is 0.880. The van der Waals surface area contributed by atoms with Gasteiger partial charge < -0.3 is 5.32 Å². The molecule has 0 aromatic heterocycles. The lowest BCUT2D eigenvalue weighted by molar-refractivity contribution is 0.350. The molecular weight excluding hydrogens is 260 g/mol. The fourth-order valence-corrected chi connectivity index (χ4v) is 4.06. The lowest BCUT2D eigenvalue weighted by Crippen LogP contribution is -2.33. The van der Waals surface area contributed by atoms with E-state index in [0.29, 0.717) is 6.04 Å². The van der Waals surface area contributed by atoms with Crippen molar-refractivity contribution in [1.82, 2.24) is 5.32 Å². The minimum atomic E-state index is -3.58. The van der Waals surface area contributed by atoms with Crippen LogP contribution in [0.3, 0.4) is 0 Å². The number of primary sulfonamides is 1. The second-order valence-corrected chi connectivity index (χ2v) is 7.41. The molecule has 0 saturated heterocycles. The summed E-state index contributed by atoms with van der Waals surface area (Å²) < 4.78 is 22.3. The van der Waals surface area contributed by atoms with Gasteiger partial charge in [-0.1, -0.05) is 18.6 Å². The highest BCUT2D eigenvalue weighted by atomic mass is 32.2. The first-order valence-corrected chi connectivity index (χ1v) is 8.42. The third kappa shape index (κ3) is 2.83. The largest absolute Gasteiger partial charge is 0.310 e. The van der Waals surface area contributed by atoms with Crippen molar-refractivity contribution in [3.8, 4) is 0 Å². The van der Waals surface area contributed by atoms with E-state index in [4.69, 9.17) is 5.14 Å². The molecule has 2 aliphatic carbocycles. The average molecular weight is 280 g/mol. The number of nitrogens with two attached hydrogens (primary N) is 1. The second kappa shape index (κ2) is 4.89. The number of benzene rings is 1. The smallest absolute Gasteiger partial charge is 0.238 e. The Bertz CT molecular complexity index is 553. The molecule has 2 bridgehead atoms. The first kappa shape index (κ1) is 13.1. The Kier molecular flexibility index (Phi) is 3.37. The number of nitrogens with one attached hydrogen (secondary N) is 1. The van der Waals surface area contributed by atoms with Crippen LogP contribution in [0.25, 0.3) is 0 Å². The molecule has 2 aliphatic rings. The average Bonchev–Trinajstić information content (AvgIpc) is 2.98. The van der Waals surface area contributed by atoms with E-state index in [1.54, 1.807) is 12.1 Å². The first-order valence-electron chi connectivity index (χ1n) is 6.87. The number of fused-ring (bicyclic) bond motifs is 2. The van der Waals surface area contributed by atoms with Gasteiger partial charge in [-0.3, -0.25) is 0 Å². The highest BCUT2D eigenvalue weighted by Crippen LogP contribution is 2.44. The van der Waals surface area contributed by atoms with Crippen LogP contribution in [0.5, 0.6) is 0 Å². The van der Waals surface area contributed by atoms with Crippen LogP contribution in [-0.2, 0) is 16.6 Å². The van der Waals surface area contributed by atoms with Crippen LogP contribution in [0, 0.1) is 11.8 Å². The van der Waals surface area contributed by atoms with Crippen molar-refractivity contribution in [2.24, 2.45) is 17.0 Å². The summed E-state index contributed by atoms with van der Waals surface area (Å²) in [6, 6.07) is 7.47. The van der Waals surface area contributed by atoms with Gasteiger partial charge in [0, 0.05) is 12.6 Å². The molecule has 5 heteroatoms. The van der Waals surface area contributed by atoms with Crippen LogP contribution in [0.15, 0.2) is 29.2 Å². The predicted molar refractivity (Wildman–Crippen MR) is 73.9 cm³/mol. The van der Waals surface area contributed by atoms with Crippen LogP contribution < -0.4 is 10.5 Å². The van der Waals surface area contributed by atoms with E-state index in [2.05, 4.69) is 5.32 Å². The SMILES string of the molecule is NS(=O)(=O)c1ccc(CNC2CC3CCC2C3)cc1. The van der Waals surface area contributed by atoms with E-state index in [1.807, 2.05) is 12.1 Å². The number of rotatable bonds is 4. The summed E-state index contributed by atoms with van der Waals surface area (Å²) in [6.45, 7) is 0.804. The molecule has 2 saturated carbocycles. The van der Waals surface area contributed by atoms with Crippen LogP contribution in [0.1, 0.15) is 31.2 Å². The molecule has 0 heterocycles. The molecule has 4 nitrogen and oxygen atoms in total. The second-order valence-electron chi connectivity index (χ2n) is 5.85. The van der Waals surface area contributed by atoms with E-state index in [-0.39, 0.29) is 4.90 Å². The molecule has 19 heavy (non-hydrogen) atoms. The molecule has 0 amide bonds. The van der Waals surface area contributed by atoms with Gasteiger partial charge in [-0.15, -0.1) is 0 Å². The zero-order valence-corrected chi connectivity index (χ0v) is 11.7. The lowest BCUT2D eigenvalue weighted by Gasteiger charge is -2.23. The molecule has 3 N–H and O–H groups in total. The Labute approximate surface area is 114 Å². The Hall–Kier alpha value is -0.910. The maximum absolute atomic E-state index is 11.2. The van der Waals surface area contributed by atoms with Gasteiger partial charge in [-0.2, -0.15) is 0 Å². The molecule has 3 unspecified atom stereocenters. The van der Waals surface area contributed by atoms with Crippen molar-refractivity contribution >= 4 is 10.0 Å². The van der Waals surface area contributed by atoms with Crippen molar-refractivity contribution in [3.05, 3.63) is 29.8 Å². The summed E-state index contributed by atoms with van der Waals surface area (Å²) >= 11 is 0. The van der Waals surface area contributed by atoms with E-state index < -0.39 is 10.0 Å². The summed E-state index contributed by atoms with van der Waals surface area (Å²) in [4.78, 5) is 0.177. The summed E-state index contributed by atoms with van der Waals surface area (Å²) in [6.07, 6.45) is 5.47. The maximum atomic E-state index is 11.2. The molecule has 0 spiro atoms. The molecule has 3 atom stereocenters. The van der Waals surface area contributed by atoms with E-state index in [0.717, 1.165) is 23.9 Å². The number of hydrogen-bond acceptors (Lipinski definition) is 3. The van der Waals surface area contributed by atoms with Gasteiger partial charge in [0.05, 0.1) is 4.90 Å². The number of sulfonamides is 1. The summed E-state index contributed by atoms with van der Waals surface area (Å²) in [7, 11) is -3.58. The van der Waals surface area contributed by atoms with Crippen LogP contribution in [-0.4, -0.2) is 14.5 Å². The van der Waals surface area contributed by atoms with Gasteiger partial charge in [-0.25, -0.2) is 13.6 Å². The Morgan fingerprint density at radius 3 is 2.42 bits per heavy atom. The van der Waals surface area contributed by atoms with Crippen LogP contribution in [0.2, 0.25) is 0 Å². The third-order valence-corrected chi connectivity index (χ3v) is 5.49. The zero-order chi connectivity index (χ0) is 13.5. The lowest BCUT2D eigenvalue weighted by atomic mass is 9.95. The van der Waals surface area contributed by atoms with Crippen LogP contribution >= 0.6 is 0 Å². The fraction of sp³-hybridized carbons (Fsp3) is 0.571. The van der Waals surface area contributed by atoms with Crippen LogP contribution in [0.4, 0.5) is 0 Å². The van der Waals surface area contributed by atoms with Gasteiger partial charge >= 0.3 is 0 Å². The van der Waals surface area contributed by atoms with Crippen molar-refractivity contribution in [3.63, 3.8) is 0 Å². The topological polar surface area (TPSA) is 72.2 Å². The monoisotopic (exact) mass is 280 g/mol. The first-order chi connectivity index (χ1) is 9.02. The molecule has 2 fully saturated rings. The van der Waals surface area contributed by atoms with Gasteiger partial charge in [-0.05, 0) is 48.8 Å². The van der Waals surface area contributed by atoms with Crippen molar-refractivity contribution in [1.29, 1.82) is 0 Å². The molecule has 3 rings (SSSR count). The molecular formula is C14H20N2O2S. The van der Waals surface area contributed by atoms with Crippen molar-refractivity contribution in [2.75, 3.05) is 0 Å². The molecule has 104 valence electrons. The van der Waals surface area contributed by atoms with Gasteiger partial charge in [0.25, 0.3) is 0 Å². The Balaban J connectivity index is 1.59. The summed E-state index contributed by atoms with van der Waals surface area (Å²) in [5.74, 6) is 1.79. The summed E-state index contributed by atoms with van der Waals surface area (Å²) in [5.41, 5.74) is 1.11. The normalized spacial score (nSPS) is 29.8. The Morgan fingerprint density at radius 1 is 1.16 bits per heavy atom. The highest BCUT2D eigenvalue weighted by Gasteiger charge is 2.38. The van der Waals surface area contributed by atoms with E-state index in [9.17, 15) is 8.42 Å². The highest BCUT2D eigenvalue weighted by molar-refractivity contribution is 7.89. The predicted octanol–water partition coefficient (Wildman–Crippen LogP) is 1.61.